The minimum atomic E-state index is -2.03. The molecule has 1 unspecified atom stereocenters. The zero-order valence-electron chi connectivity index (χ0n) is 12.5. The average Bonchev–Trinajstić information content (AvgIpc) is 2.82. The molecule has 2 fully saturated rings. The lowest BCUT2D eigenvalue weighted by Gasteiger charge is -2.31. The van der Waals surface area contributed by atoms with E-state index in [1.807, 2.05) is 0 Å². The minimum Gasteiger partial charge on any atom is -0.394 e. The van der Waals surface area contributed by atoms with Crippen LogP contribution in [0.4, 0.5) is 0 Å². The molecule has 2 heterocycles. The molecule has 21 heavy (non-hydrogen) atoms. The van der Waals surface area contributed by atoms with Crippen molar-refractivity contribution in [2.24, 2.45) is 11.8 Å². The Bertz CT molecular complexity index is 390. The molecule has 0 saturated carbocycles. The van der Waals surface area contributed by atoms with Crippen LogP contribution in [0.2, 0.25) is 0 Å². The highest BCUT2D eigenvalue weighted by molar-refractivity contribution is 5.78. The van der Waals surface area contributed by atoms with E-state index in [9.17, 15) is 20.1 Å². The number of aliphatic hydroxyl groups excluding tert-OH is 3. The topological polar surface area (TPSA) is 110 Å². The predicted octanol–water partition coefficient (Wildman–Crippen LogP) is -1.32. The van der Waals surface area contributed by atoms with Crippen LogP contribution in [-0.2, 0) is 9.53 Å². The molecule has 2 saturated heterocycles. The van der Waals surface area contributed by atoms with Gasteiger partial charge >= 0.3 is 0 Å². The molecule has 5 atom stereocenters. The zero-order valence-corrected chi connectivity index (χ0v) is 12.5. The second kappa shape index (κ2) is 6.18. The number of carbonyl (C=O) groups excluding carboxylic acids is 1. The van der Waals surface area contributed by atoms with Gasteiger partial charge in [0.25, 0.3) is 0 Å². The van der Waals surface area contributed by atoms with Gasteiger partial charge in [0, 0.05) is 13.0 Å². The van der Waals surface area contributed by atoms with Crippen molar-refractivity contribution in [3.63, 3.8) is 0 Å². The SMILES string of the molecule is CC(C)C[C@@H]1CC(=O)N(CC2(O)O[C@H](CO)[C@@H](O)[C@@H]2O)C1. The molecule has 0 aromatic heterocycles. The first kappa shape index (κ1) is 16.6. The maximum absolute atomic E-state index is 12.0. The summed E-state index contributed by atoms with van der Waals surface area (Å²) in [4.78, 5) is 13.5. The lowest BCUT2D eigenvalue weighted by molar-refractivity contribution is -0.237. The summed E-state index contributed by atoms with van der Waals surface area (Å²) < 4.78 is 5.16. The van der Waals surface area contributed by atoms with Crippen LogP contribution in [0.25, 0.3) is 0 Å². The number of nitrogens with zero attached hydrogens (tertiary/aromatic N) is 1. The molecule has 7 heteroatoms. The number of rotatable bonds is 5. The largest absolute Gasteiger partial charge is 0.394 e. The van der Waals surface area contributed by atoms with Crippen LogP contribution >= 0.6 is 0 Å². The van der Waals surface area contributed by atoms with Gasteiger partial charge in [0.1, 0.15) is 18.3 Å². The van der Waals surface area contributed by atoms with Crippen LogP contribution in [0.15, 0.2) is 0 Å². The third-order valence-corrected chi connectivity index (χ3v) is 4.22. The van der Waals surface area contributed by atoms with Gasteiger partial charge in [0.05, 0.1) is 13.2 Å². The molecule has 2 aliphatic heterocycles. The first-order valence-electron chi connectivity index (χ1n) is 7.41. The lowest BCUT2D eigenvalue weighted by atomic mass is 9.96. The van der Waals surface area contributed by atoms with Gasteiger partial charge in [0.15, 0.2) is 0 Å². The molecule has 2 rings (SSSR count). The Morgan fingerprint density at radius 1 is 1.43 bits per heavy atom. The first-order chi connectivity index (χ1) is 9.76. The lowest BCUT2D eigenvalue weighted by Crippen LogP contribution is -2.52. The van der Waals surface area contributed by atoms with Crippen LogP contribution < -0.4 is 0 Å². The maximum atomic E-state index is 12.0. The number of aliphatic hydroxyl groups is 4. The normalized spacial score (nSPS) is 40.5. The van der Waals surface area contributed by atoms with Crippen molar-refractivity contribution >= 4 is 5.91 Å². The number of amides is 1. The number of β-amino-alcohol motifs (C(OH)–C–C–N with tert-alkyl or cyclic N) is 1. The first-order valence-corrected chi connectivity index (χ1v) is 7.41. The molecule has 0 spiro atoms. The van der Waals surface area contributed by atoms with E-state index >= 15 is 0 Å². The fraction of sp³-hybridized carbons (Fsp3) is 0.929. The number of likely N-dealkylation sites (tertiary alicyclic amines) is 1. The fourth-order valence-electron chi connectivity index (χ4n) is 3.25. The molecule has 0 radical (unpaired) electrons. The van der Waals surface area contributed by atoms with Crippen molar-refractivity contribution < 1.29 is 30.0 Å². The smallest absolute Gasteiger partial charge is 0.223 e. The number of carbonyl (C=O) groups is 1. The van der Waals surface area contributed by atoms with Crippen LogP contribution in [0.5, 0.6) is 0 Å². The second-order valence-electron chi connectivity index (χ2n) is 6.59. The average molecular weight is 303 g/mol. The van der Waals surface area contributed by atoms with Gasteiger partial charge in [0.2, 0.25) is 11.7 Å². The molecular formula is C14H25NO6. The molecule has 0 aromatic carbocycles. The van der Waals surface area contributed by atoms with E-state index in [4.69, 9.17) is 9.84 Å². The highest BCUT2D eigenvalue weighted by Crippen LogP contribution is 2.32. The Kier molecular flexibility index (Phi) is 4.89. The summed E-state index contributed by atoms with van der Waals surface area (Å²) in [6, 6.07) is 0. The van der Waals surface area contributed by atoms with Crippen LogP contribution in [0, 0.1) is 11.8 Å². The molecule has 0 aliphatic carbocycles. The summed E-state index contributed by atoms with van der Waals surface area (Å²) in [5.74, 6) is -1.40. The Hall–Kier alpha value is -0.730. The van der Waals surface area contributed by atoms with E-state index in [0.29, 0.717) is 18.9 Å². The highest BCUT2D eigenvalue weighted by atomic mass is 16.7. The number of hydrogen-bond donors (Lipinski definition) is 4. The summed E-state index contributed by atoms with van der Waals surface area (Å²) in [6.45, 7) is 3.98. The van der Waals surface area contributed by atoms with Crippen molar-refractivity contribution in [1.29, 1.82) is 0 Å². The highest BCUT2D eigenvalue weighted by Gasteiger charge is 2.54. The van der Waals surface area contributed by atoms with Gasteiger partial charge in [-0.2, -0.15) is 0 Å². The van der Waals surface area contributed by atoms with E-state index < -0.39 is 30.7 Å². The Morgan fingerprint density at radius 3 is 2.62 bits per heavy atom. The third-order valence-electron chi connectivity index (χ3n) is 4.22. The van der Waals surface area contributed by atoms with E-state index in [0.717, 1.165) is 6.42 Å². The molecular weight excluding hydrogens is 278 g/mol. The van der Waals surface area contributed by atoms with Crippen molar-refractivity contribution in [2.45, 2.75) is 50.8 Å². The quantitative estimate of drug-likeness (QED) is 0.501. The summed E-state index contributed by atoms with van der Waals surface area (Å²) in [7, 11) is 0. The molecule has 4 N–H and O–H groups in total. The Balaban J connectivity index is 1.99. The summed E-state index contributed by atoms with van der Waals surface area (Å²) in [5.41, 5.74) is 0. The summed E-state index contributed by atoms with van der Waals surface area (Å²) >= 11 is 0. The van der Waals surface area contributed by atoms with Crippen molar-refractivity contribution in [3.05, 3.63) is 0 Å². The van der Waals surface area contributed by atoms with Crippen molar-refractivity contribution in [3.8, 4) is 0 Å². The van der Waals surface area contributed by atoms with Gasteiger partial charge in [-0.3, -0.25) is 4.79 Å². The van der Waals surface area contributed by atoms with E-state index in [1.54, 1.807) is 0 Å². The number of hydrogen-bond acceptors (Lipinski definition) is 6. The van der Waals surface area contributed by atoms with E-state index in [1.165, 1.54) is 4.90 Å². The summed E-state index contributed by atoms with van der Waals surface area (Å²) in [6.07, 6.45) is -2.62. The standard InChI is InChI=1S/C14H25NO6/c1-8(2)3-9-4-11(17)15(5-9)7-14(20)13(19)12(18)10(6-16)21-14/h8-10,12-13,16,18-20H,3-7H2,1-2H3/t9-,10-,12-,13+,14?/m1/s1. The van der Waals surface area contributed by atoms with Crippen molar-refractivity contribution in [1.82, 2.24) is 4.90 Å². The van der Waals surface area contributed by atoms with E-state index in [-0.39, 0.29) is 18.4 Å². The Morgan fingerprint density at radius 2 is 2.10 bits per heavy atom. The molecule has 7 nitrogen and oxygen atoms in total. The zero-order chi connectivity index (χ0) is 15.8. The van der Waals surface area contributed by atoms with Gasteiger partial charge in [-0.05, 0) is 18.3 Å². The molecule has 1 amide bonds. The van der Waals surface area contributed by atoms with E-state index in [2.05, 4.69) is 13.8 Å². The predicted molar refractivity (Wildman–Crippen MR) is 73.1 cm³/mol. The Labute approximate surface area is 124 Å². The summed E-state index contributed by atoms with van der Waals surface area (Å²) in [5, 5.41) is 39.0. The van der Waals surface area contributed by atoms with Crippen LogP contribution in [0.1, 0.15) is 26.7 Å². The molecule has 122 valence electrons. The minimum absolute atomic E-state index is 0.0909. The third kappa shape index (κ3) is 3.37. The monoisotopic (exact) mass is 303 g/mol. The van der Waals surface area contributed by atoms with Gasteiger partial charge in [-0.15, -0.1) is 0 Å². The molecule has 2 aliphatic rings. The molecule has 0 aromatic rings. The second-order valence-corrected chi connectivity index (χ2v) is 6.59. The van der Waals surface area contributed by atoms with Gasteiger partial charge in [-0.1, -0.05) is 13.8 Å². The molecule has 0 bridgehead atoms. The maximum Gasteiger partial charge on any atom is 0.223 e. The van der Waals surface area contributed by atoms with Crippen LogP contribution in [-0.4, -0.2) is 75.0 Å². The van der Waals surface area contributed by atoms with Crippen LogP contribution in [0.3, 0.4) is 0 Å². The van der Waals surface area contributed by atoms with Gasteiger partial charge < -0.3 is 30.1 Å². The fourth-order valence-corrected chi connectivity index (χ4v) is 3.25. The number of ether oxygens (including phenoxy) is 1. The van der Waals surface area contributed by atoms with Gasteiger partial charge in [-0.25, -0.2) is 0 Å². The van der Waals surface area contributed by atoms with Crippen molar-refractivity contribution in [2.75, 3.05) is 19.7 Å².